The zero-order valence-corrected chi connectivity index (χ0v) is 16.2. The molecule has 1 heterocycles. The Labute approximate surface area is 162 Å². The van der Waals surface area contributed by atoms with E-state index in [9.17, 15) is 13.2 Å². The van der Waals surface area contributed by atoms with E-state index in [0.717, 1.165) is 31.9 Å². The molecule has 1 aliphatic rings. The molecular weight excluding hydrogens is 371 g/mol. The molecule has 152 valence electrons. The van der Waals surface area contributed by atoms with Crippen LogP contribution in [0.2, 0.25) is 0 Å². The topological polar surface area (TPSA) is 47.5 Å². The SMILES string of the molecule is CC(C)Oc1cccc(N(C)c2ncc(C(F)(F)F)c(OC3CCCC3)n2)c1. The highest BCUT2D eigenvalue weighted by molar-refractivity contribution is 5.59. The Morgan fingerprint density at radius 3 is 2.54 bits per heavy atom. The van der Waals surface area contributed by atoms with Gasteiger partial charge in [-0.2, -0.15) is 18.2 Å². The number of halogens is 3. The molecule has 1 aliphatic carbocycles. The van der Waals surface area contributed by atoms with Gasteiger partial charge in [-0.3, -0.25) is 0 Å². The van der Waals surface area contributed by atoms with Gasteiger partial charge in [-0.05, 0) is 51.7 Å². The van der Waals surface area contributed by atoms with Crippen LogP contribution < -0.4 is 14.4 Å². The minimum absolute atomic E-state index is 0.00860. The van der Waals surface area contributed by atoms with E-state index in [2.05, 4.69) is 9.97 Å². The van der Waals surface area contributed by atoms with Crippen LogP contribution in [0, 0.1) is 0 Å². The summed E-state index contributed by atoms with van der Waals surface area (Å²) in [6.45, 7) is 3.84. The number of anilines is 2. The Morgan fingerprint density at radius 2 is 1.89 bits per heavy atom. The quantitative estimate of drug-likeness (QED) is 0.658. The second-order valence-corrected chi connectivity index (χ2v) is 7.13. The predicted molar refractivity (Wildman–Crippen MR) is 100 cm³/mol. The summed E-state index contributed by atoms with van der Waals surface area (Å²) in [6, 6.07) is 7.23. The molecule has 5 nitrogen and oxygen atoms in total. The van der Waals surface area contributed by atoms with Crippen molar-refractivity contribution in [1.29, 1.82) is 0 Å². The van der Waals surface area contributed by atoms with Gasteiger partial charge in [-0.25, -0.2) is 4.98 Å². The lowest BCUT2D eigenvalue weighted by atomic mass is 10.2. The largest absolute Gasteiger partial charge is 0.491 e. The van der Waals surface area contributed by atoms with Gasteiger partial charge in [0.05, 0.1) is 6.10 Å². The van der Waals surface area contributed by atoms with Crippen molar-refractivity contribution in [2.24, 2.45) is 0 Å². The van der Waals surface area contributed by atoms with Gasteiger partial charge in [-0.1, -0.05) is 6.07 Å². The van der Waals surface area contributed by atoms with E-state index in [1.54, 1.807) is 18.0 Å². The average molecular weight is 395 g/mol. The standard InChI is InChI=1S/C20H24F3N3O2/c1-13(2)27-16-10-6-7-14(11-16)26(3)19-24-12-17(20(21,22)23)18(25-19)28-15-8-4-5-9-15/h6-7,10-13,15H,4-5,8-9H2,1-3H3. The van der Waals surface area contributed by atoms with Gasteiger partial charge in [0.1, 0.15) is 17.4 Å². The second kappa shape index (κ2) is 8.24. The summed E-state index contributed by atoms with van der Waals surface area (Å²) in [5.41, 5.74) is -0.252. The zero-order valence-electron chi connectivity index (χ0n) is 16.2. The van der Waals surface area contributed by atoms with E-state index in [-0.39, 0.29) is 18.2 Å². The summed E-state index contributed by atoms with van der Waals surface area (Å²) in [4.78, 5) is 9.63. The summed E-state index contributed by atoms with van der Waals surface area (Å²) in [5, 5.41) is 0. The van der Waals surface area contributed by atoms with Gasteiger partial charge in [0.25, 0.3) is 0 Å². The van der Waals surface area contributed by atoms with E-state index < -0.39 is 17.6 Å². The maximum absolute atomic E-state index is 13.4. The van der Waals surface area contributed by atoms with Crippen LogP contribution in [0.15, 0.2) is 30.5 Å². The molecule has 1 fully saturated rings. The normalized spacial score (nSPS) is 15.1. The molecular formula is C20H24F3N3O2. The molecule has 1 aromatic carbocycles. The Hall–Kier alpha value is -2.51. The molecule has 8 heteroatoms. The minimum atomic E-state index is -4.57. The van der Waals surface area contributed by atoms with Crippen molar-refractivity contribution in [1.82, 2.24) is 9.97 Å². The molecule has 0 aliphatic heterocycles. The fourth-order valence-corrected chi connectivity index (χ4v) is 3.12. The van der Waals surface area contributed by atoms with Crippen LogP contribution in [0.5, 0.6) is 11.6 Å². The molecule has 1 saturated carbocycles. The van der Waals surface area contributed by atoms with Crippen molar-refractivity contribution < 1.29 is 22.6 Å². The summed E-state index contributed by atoms with van der Waals surface area (Å²) in [7, 11) is 1.69. The average Bonchev–Trinajstić information content (AvgIpc) is 3.13. The number of ether oxygens (including phenoxy) is 2. The van der Waals surface area contributed by atoms with Crippen LogP contribution in [0.3, 0.4) is 0 Å². The van der Waals surface area contributed by atoms with Crippen molar-refractivity contribution in [3.8, 4) is 11.6 Å². The number of nitrogens with zero attached hydrogens (tertiary/aromatic N) is 3. The van der Waals surface area contributed by atoms with Crippen LogP contribution in [0.1, 0.15) is 45.1 Å². The smallest absolute Gasteiger partial charge is 0.423 e. The summed E-state index contributed by atoms with van der Waals surface area (Å²) in [6.07, 6.45) is -0.638. The molecule has 0 spiro atoms. The predicted octanol–water partition coefficient (Wildman–Crippen LogP) is 5.37. The molecule has 2 aromatic rings. The fourth-order valence-electron chi connectivity index (χ4n) is 3.12. The van der Waals surface area contributed by atoms with E-state index >= 15 is 0 Å². The van der Waals surface area contributed by atoms with Gasteiger partial charge < -0.3 is 14.4 Å². The lowest BCUT2D eigenvalue weighted by Crippen LogP contribution is -2.20. The number of rotatable bonds is 6. The van der Waals surface area contributed by atoms with Crippen LogP contribution in [0.4, 0.5) is 24.8 Å². The molecule has 0 atom stereocenters. The first-order valence-corrected chi connectivity index (χ1v) is 9.35. The van der Waals surface area contributed by atoms with E-state index in [1.165, 1.54) is 0 Å². The highest BCUT2D eigenvalue weighted by atomic mass is 19.4. The van der Waals surface area contributed by atoms with Crippen LogP contribution in [0.25, 0.3) is 0 Å². The lowest BCUT2D eigenvalue weighted by Gasteiger charge is -2.22. The van der Waals surface area contributed by atoms with E-state index in [1.807, 2.05) is 32.0 Å². The molecule has 1 aromatic heterocycles. The highest BCUT2D eigenvalue weighted by Crippen LogP contribution is 2.37. The maximum atomic E-state index is 13.4. The van der Waals surface area contributed by atoms with Crippen molar-refractivity contribution in [2.75, 3.05) is 11.9 Å². The molecule has 0 N–H and O–H groups in total. The zero-order chi connectivity index (χ0) is 20.3. The summed E-state index contributed by atoms with van der Waals surface area (Å²) < 4.78 is 51.4. The van der Waals surface area contributed by atoms with Crippen LogP contribution in [-0.2, 0) is 6.18 Å². The molecule has 0 unspecified atom stereocenters. The van der Waals surface area contributed by atoms with Crippen molar-refractivity contribution >= 4 is 11.6 Å². The lowest BCUT2D eigenvalue weighted by molar-refractivity contribution is -0.139. The molecule has 0 amide bonds. The molecule has 0 saturated heterocycles. The summed E-state index contributed by atoms with van der Waals surface area (Å²) in [5.74, 6) is 0.377. The fraction of sp³-hybridized carbons (Fsp3) is 0.500. The minimum Gasteiger partial charge on any atom is -0.491 e. The maximum Gasteiger partial charge on any atom is 0.423 e. The molecule has 0 bridgehead atoms. The third-order valence-electron chi connectivity index (χ3n) is 4.50. The third kappa shape index (κ3) is 4.85. The van der Waals surface area contributed by atoms with Crippen LogP contribution >= 0.6 is 0 Å². The number of hydrogen-bond donors (Lipinski definition) is 0. The van der Waals surface area contributed by atoms with Crippen molar-refractivity contribution in [3.05, 3.63) is 36.0 Å². The Balaban J connectivity index is 1.90. The molecule has 0 radical (unpaired) electrons. The Morgan fingerprint density at radius 1 is 1.18 bits per heavy atom. The highest BCUT2D eigenvalue weighted by Gasteiger charge is 2.37. The number of aromatic nitrogens is 2. The number of hydrogen-bond acceptors (Lipinski definition) is 5. The van der Waals surface area contributed by atoms with Gasteiger partial charge in [0, 0.05) is 25.0 Å². The van der Waals surface area contributed by atoms with E-state index in [4.69, 9.17) is 9.47 Å². The number of benzene rings is 1. The van der Waals surface area contributed by atoms with Crippen LogP contribution in [-0.4, -0.2) is 29.2 Å². The first-order chi connectivity index (χ1) is 13.2. The van der Waals surface area contributed by atoms with Crippen molar-refractivity contribution in [3.63, 3.8) is 0 Å². The van der Waals surface area contributed by atoms with Crippen molar-refractivity contribution in [2.45, 2.75) is 57.9 Å². The van der Waals surface area contributed by atoms with Gasteiger partial charge in [-0.15, -0.1) is 0 Å². The van der Waals surface area contributed by atoms with E-state index in [0.29, 0.717) is 11.4 Å². The first-order valence-electron chi connectivity index (χ1n) is 9.35. The molecule has 28 heavy (non-hydrogen) atoms. The Kier molecular flexibility index (Phi) is 5.96. The first kappa shape index (κ1) is 20.2. The van der Waals surface area contributed by atoms with Gasteiger partial charge in [0.15, 0.2) is 0 Å². The molecule has 3 rings (SSSR count). The number of alkyl halides is 3. The summed E-state index contributed by atoms with van der Waals surface area (Å²) >= 11 is 0. The second-order valence-electron chi connectivity index (χ2n) is 7.13. The Bertz CT molecular complexity index is 806. The van der Waals surface area contributed by atoms with Gasteiger partial charge in [0.2, 0.25) is 11.8 Å². The van der Waals surface area contributed by atoms with Gasteiger partial charge >= 0.3 is 6.18 Å². The third-order valence-corrected chi connectivity index (χ3v) is 4.50. The monoisotopic (exact) mass is 395 g/mol.